The molecule has 3 aromatic rings. The van der Waals surface area contributed by atoms with Gasteiger partial charge in [-0.25, -0.2) is 4.98 Å². The van der Waals surface area contributed by atoms with Crippen molar-refractivity contribution in [2.24, 2.45) is 0 Å². The third kappa shape index (κ3) is 3.56. The van der Waals surface area contributed by atoms with Gasteiger partial charge in [-0.2, -0.15) is 0 Å². The average molecular weight is 438 g/mol. The van der Waals surface area contributed by atoms with Crippen LogP contribution in [0.25, 0.3) is 11.3 Å². The average Bonchev–Trinajstić information content (AvgIpc) is 3.52. The molecule has 0 unspecified atom stereocenters. The largest absolute Gasteiger partial charge is 0.586 e. The summed E-state index contributed by atoms with van der Waals surface area (Å²) in [5.41, 5.74) is 3.12. The number of anilines is 1. The molecule has 8 heteroatoms. The van der Waals surface area contributed by atoms with Gasteiger partial charge in [-0.3, -0.25) is 4.79 Å². The first-order valence-electron chi connectivity index (χ1n) is 10.2. The number of aryl methyl sites for hydroxylation is 1. The van der Waals surface area contributed by atoms with Gasteiger partial charge in [-0.1, -0.05) is 36.4 Å². The Morgan fingerprint density at radius 3 is 2.47 bits per heavy atom. The van der Waals surface area contributed by atoms with E-state index in [1.165, 1.54) is 12.1 Å². The fraction of sp³-hybridized carbons (Fsp3) is 0.250. The lowest BCUT2D eigenvalue weighted by Gasteiger charge is -2.17. The second-order valence-corrected chi connectivity index (χ2v) is 8.08. The third-order valence-electron chi connectivity index (χ3n) is 5.89. The van der Waals surface area contributed by atoms with Crippen LogP contribution in [0.3, 0.4) is 0 Å². The van der Waals surface area contributed by atoms with Crippen LogP contribution in [0.5, 0.6) is 11.5 Å². The van der Waals surface area contributed by atoms with Crippen LogP contribution < -0.4 is 14.8 Å². The number of aliphatic hydroxyl groups is 1. The maximum absolute atomic E-state index is 13.3. The summed E-state index contributed by atoms with van der Waals surface area (Å²) < 4.78 is 35.6. The summed E-state index contributed by atoms with van der Waals surface area (Å²) in [4.78, 5) is 17.8. The van der Waals surface area contributed by atoms with E-state index in [4.69, 9.17) is 0 Å². The summed E-state index contributed by atoms with van der Waals surface area (Å²) in [6.07, 6.45) is -2.51. The van der Waals surface area contributed by atoms with Crippen molar-refractivity contribution in [2.75, 3.05) is 5.32 Å². The number of fused-ring (bicyclic) bond motifs is 1. The van der Waals surface area contributed by atoms with Gasteiger partial charge in [0.15, 0.2) is 11.5 Å². The number of nitrogens with zero attached hydrogens (tertiary/aromatic N) is 1. The first kappa shape index (κ1) is 20.4. The molecule has 2 heterocycles. The van der Waals surface area contributed by atoms with Crippen molar-refractivity contribution >= 4 is 11.7 Å². The molecule has 32 heavy (non-hydrogen) atoms. The zero-order chi connectivity index (χ0) is 22.5. The zero-order valence-corrected chi connectivity index (χ0v) is 17.2. The van der Waals surface area contributed by atoms with Crippen molar-refractivity contribution in [3.8, 4) is 22.8 Å². The predicted octanol–water partition coefficient (Wildman–Crippen LogP) is 4.54. The molecule has 0 atom stereocenters. The number of hydrogen-bond donors (Lipinski definition) is 2. The molecule has 2 N–H and O–H groups in total. The lowest BCUT2D eigenvalue weighted by Crippen LogP contribution is -2.28. The lowest BCUT2D eigenvalue weighted by molar-refractivity contribution is -0.286. The third-order valence-corrected chi connectivity index (χ3v) is 5.89. The highest BCUT2D eigenvalue weighted by atomic mass is 19.3. The number of halogens is 2. The number of aromatic nitrogens is 1. The van der Waals surface area contributed by atoms with E-state index >= 15 is 0 Å². The van der Waals surface area contributed by atoms with E-state index < -0.39 is 11.7 Å². The Morgan fingerprint density at radius 2 is 1.78 bits per heavy atom. The van der Waals surface area contributed by atoms with Gasteiger partial charge in [-0.15, -0.1) is 8.78 Å². The fourth-order valence-corrected chi connectivity index (χ4v) is 3.91. The Labute approximate surface area is 182 Å². The van der Waals surface area contributed by atoms with Crippen LogP contribution in [0.2, 0.25) is 0 Å². The van der Waals surface area contributed by atoms with E-state index in [2.05, 4.69) is 19.8 Å². The molecule has 164 valence electrons. The topological polar surface area (TPSA) is 80.7 Å². The van der Waals surface area contributed by atoms with Gasteiger partial charge in [0.25, 0.3) is 0 Å². The molecule has 6 nitrogen and oxygen atoms in total. The summed E-state index contributed by atoms with van der Waals surface area (Å²) in [7, 11) is 0. The molecule has 5 rings (SSSR count). The highest BCUT2D eigenvalue weighted by Crippen LogP contribution is 2.52. The van der Waals surface area contributed by atoms with Crippen LogP contribution >= 0.6 is 0 Å². The molecule has 0 spiro atoms. The number of carbonyl (C=O) groups excluding carboxylic acids is 1. The number of alkyl halides is 2. The summed E-state index contributed by atoms with van der Waals surface area (Å²) in [6, 6.07) is 15.5. The highest BCUT2D eigenvalue weighted by molar-refractivity contribution is 6.01. The van der Waals surface area contributed by atoms with Crippen molar-refractivity contribution < 1.29 is 28.2 Å². The normalized spacial score (nSPS) is 17.1. The van der Waals surface area contributed by atoms with E-state index in [1.54, 1.807) is 12.1 Å². The smallest absolute Gasteiger partial charge is 0.395 e. The zero-order valence-electron chi connectivity index (χ0n) is 17.2. The number of pyridine rings is 1. The van der Waals surface area contributed by atoms with Gasteiger partial charge in [0.2, 0.25) is 5.91 Å². The minimum atomic E-state index is -3.70. The molecule has 1 fully saturated rings. The first-order valence-corrected chi connectivity index (χ1v) is 10.2. The van der Waals surface area contributed by atoms with Crippen LogP contribution in [0.1, 0.15) is 29.5 Å². The number of hydrogen-bond acceptors (Lipinski definition) is 5. The number of ether oxygens (including phenoxy) is 2. The van der Waals surface area contributed by atoms with Crippen molar-refractivity contribution in [1.29, 1.82) is 0 Å². The molecule has 1 aromatic heterocycles. The minimum Gasteiger partial charge on any atom is -0.395 e. The first-order chi connectivity index (χ1) is 15.3. The van der Waals surface area contributed by atoms with E-state index in [-0.39, 0.29) is 24.0 Å². The Bertz CT molecular complexity index is 1210. The number of amides is 1. The van der Waals surface area contributed by atoms with E-state index in [0.717, 1.165) is 22.4 Å². The molecule has 0 radical (unpaired) electrons. The summed E-state index contributed by atoms with van der Waals surface area (Å²) in [5.74, 6) is 0.0297. The Balaban J connectivity index is 1.38. The van der Waals surface area contributed by atoms with Crippen molar-refractivity contribution in [3.05, 3.63) is 71.3 Å². The van der Waals surface area contributed by atoms with Crippen LogP contribution in [-0.2, 0) is 16.8 Å². The maximum Gasteiger partial charge on any atom is 0.586 e. The molecular formula is C24H20F2N2O4. The van der Waals surface area contributed by atoms with Gasteiger partial charge in [-0.05, 0) is 54.7 Å². The summed E-state index contributed by atoms with van der Waals surface area (Å²) >= 11 is 0. The number of aliphatic hydroxyl groups excluding tert-OH is 1. The molecule has 1 aliphatic heterocycles. The Hall–Kier alpha value is -3.52. The molecule has 0 bridgehead atoms. The number of nitrogens with one attached hydrogen (secondary N) is 1. The summed E-state index contributed by atoms with van der Waals surface area (Å²) in [5, 5.41) is 12.1. The lowest BCUT2D eigenvalue weighted by atomic mass is 9.94. The molecule has 0 saturated heterocycles. The summed E-state index contributed by atoms with van der Waals surface area (Å²) in [6.45, 7) is 1.89. The Morgan fingerprint density at radius 1 is 1.06 bits per heavy atom. The van der Waals surface area contributed by atoms with E-state index in [0.29, 0.717) is 24.2 Å². The van der Waals surface area contributed by atoms with E-state index in [9.17, 15) is 18.7 Å². The van der Waals surface area contributed by atoms with E-state index in [1.807, 2.05) is 37.3 Å². The van der Waals surface area contributed by atoms with Crippen LogP contribution in [0.15, 0.2) is 54.6 Å². The number of benzene rings is 2. The minimum absolute atomic E-state index is 0.0393. The standard InChI is InChI=1S/C24H20F2N2O4/c1-14-2-9-20(27-21(14)16-5-3-15(13-29)4-6-16)28-22(30)23(10-11-23)17-7-8-18-19(12-17)32-24(25,26)31-18/h2-9,12,29H,10-11,13H2,1H3,(H,27,28,30). The van der Waals surface area contributed by atoms with Gasteiger partial charge < -0.3 is 19.9 Å². The van der Waals surface area contributed by atoms with Gasteiger partial charge in [0, 0.05) is 5.56 Å². The van der Waals surface area contributed by atoms with Gasteiger partial charge in [0.1, 0.15) is 5.82 Å². The van der Waals surface area contributed by atoms with Crippen LogP contribution in [0, 0.1) is 6.92 Å². The Kier molecular flexibility index (Phi) is 4.63. The predicted molar refractivity (Wildman–Crippen MR) is 113 cm³/mol. The molecular weight excluding hydrogens is 418 g/mol. The van der Waals surface area contributed by atoms with Crippen molar-refractivity contribution in [3.63, 3.8) is 0 Å². The molecule has 2 aromatic carbocycles. The number of carbonyl (C=O) groups is 1. The molecule has 1 aliphatic carbocycles. The van der Waals surface area contributed by atoms with Crippen LogP contribution in [-0.4, -0.2) is 22.3 Å². The number of rotatable bonds is 5. The second kappa shape index (κ2) is 7.27. The van der Waals surface area contributed by atoms with Crippen molar-refractivity contribution in [2.45, 2.75) is 38.1 Å². The molecule has 1 saturated carbocycles. The maximum atomic E-state index is 13.3. The van der Waals surface area contributed by atoms with Crippen LogP contribution in [0.4, 0.5) is 14.6 Å². The van der Waals surface area contributed by atoms with Gasteiger partial charge in [0.05, 0.1) is 17.7 Å². The fourth-order valence-electron chi connectivity index (χ4n) is 3.91. The monoisotopic (exact) mass is 438 g/mol. The van der Waals surface area contributed by atoms with Crippen molar-refractivity contribution in [1.82, 2.24) is 4.98 Å². The molecule has 1 amide bonds. The second-order valence-electron chi connectivity index (χ2n) is 8.08. The highest BCUT2D eigenvalue weighted by Gasteiger charge is 2.53. The SMILES string of the molecule is Cc1ccc(NC(=O)C2(c3ccc4c(c3)OC(F)(F)O4)CC2)nc1-c1ccc(CO)cc1. The molecule has 2 aliphatic rings. The van der Waals surface area contributed by atoms with Gasteiger partial charge >= 0.3 is 6.29 Å². The quantitative estimate of drug-likeness (QED) is 0.611.